The normalized spacial score (nSPS) is 10.4. The number of benzene rings is 1. The largest absolute Gasteiger partial charge is 0.464 e. The molecule has 0 fully saturated rings. The number of anilines is 1. The molecule has 2 aromatic rings. The molecule has 1 aromatic heterocycles. The lowest BCUT2D eigenvalue weighted by molar-refractivity contribution is -0.384. The maximum absolute atomic E-state index is 10.6. The van der Waals surface area contributed by atoms with Crippen LogP contribution in [0.15, 0.2) is 39.2 Å². The number of hydrogen-bond acceptors (Lipinski definition) is 4. The summed E-state index contributed by atoms with van der Waals surface area (Å²) in [5, 5.41) is 13.8. The van der Waals surface area contributed by atoms with Gasteiger partial charge in [-0.3, -0.25) is 10.1 Å². The predicted molar refractivity (Wildman–Crippen MR) is 76.2 cm³/mol. The molecule has 1 N–H and O–H groups in total. The second-order valence-corrected chi connectivity index (χ2v) is 4.85. The smallest absolute Gasteiger partial charge is 0.270 e. The Labute approximate surface area is 118 Å². The van der Waals surface area contributed by atoms with Crippen LogP contribution in [0.1, 0.15) is 18.4 Å². The highest BCUT2D eigenvalue weighted by molar-refractivity contribution is 9.10. The van der Waals surface area contributed by atoms with Gasteiger partial charge in [0.2, 0.25) is 0 Å². The van der Waals surface area contributed by atoms with Crippen LogP contribution in [0, 0.1) is 10.1 Å². The molecule has 0 amide bonds. The van der Waals surface area contributed by atoms with E-state index in [1.54, 1.807) is 6.07 Å². The van der Waals surface area contributed by atoms with Crippen molar-refractivity contribution < 1.29 is 9.34 Å². The van der Waals surface area contributed by atoms with Gasteiger partial charge in [0.05, 0.1) is 11.5 Å². The fourth-order valence-corrected chi connectivity index (χ4v) is 2.16. The second kappa shape index (κ2) is 5.88. The second-order valence-electron chi connectivity index (χ2n) is 4.00. The molecular weight excluding hydrogens is 312 g/mol. The summed E-state index contributed by atoms with van der Waals surface area (Å²) in [6, 6.07) is 8.48. The summed E-state index contributed by atoms with van der Waals surface area (Å²) in [6.45, 7) is 2.57. The number of nitro benzene ring substituents is 1. The average Bonchev–Trinajstić information content (AvgIpc) is 2.85. The van der Waals surface area contributed by atoms with E-state index < -0.39 is 4.92 Å². The van der Waals surface area contributed by atoms with Crippen molar-refractivity contribution in [1.82, 2.24) is 0 Å². The van der Waals surface area contributed by atoms with Crippen molar-refractivity contribution in [2.75, 3.05) is 5.32 Å². The van der Waals surface area contributed by atoms with Crippen LogP contribution in [0.4, 0.5) is 11.4 Å². The van der Waals surface area contributed by atoms with Gasteiger partial charge in [-0.2, -0.15) is 0 Å². The van der Waals surface area contributed by atoms with Crippen molar-refractivity contribution in [3.05, 3.63) is 56.4 Å². The standard InChI is InChI=1S/C13H13BrN2O3/c1-2-10-4-5-11(19-10)8-15-13-6-3-9(16(17)18)7-12(13)14/h3-7,15H,2,8H2,1H3. The summed E-state index contributed by atoms with van der Waals surface area (Å²) >= 11 is 3.31. The van der Waals surface area contributed by atoms with Crippen LogP contribution in [0.5, 0.6) is 0 Å². The zero-order valence-corrected chi connectivity index (χ0v) is 11.9. The Morgan fingerprint density at radius 1 is 1.32 bits per heavy atom. The van der Waals surface area contributed by atoms with Gasteiger partial charge in [0.25, 0.3) is 5.69 Å². The molecule has 0 radical (unpaired) electrons. The Morgan fingerprint density at radius 2 is 2.05 bits per heavy atom. The number of hydrogen-bond donors (Lipinski definition) is 1. The summed E-state index contributed by atoms with van der Waals surface area (Å²) in [5.41, 5.74) is 0.851. The lowest BCUT2D eigenvalue weighted by atomic mass is 10.3. The average molecular weight is 325 g/mol. The van der Waals surface area contributed by atoms with Crippen LogP contribution in [0.3, 0.4) is 0 Å². The Kier molecular flexibility index (Phi) is 4.21. The lowest BCUT2D eigenvalue weighted by Gasteiger charge is -2.06. The first-order chi connectivity index (χ1) is 9.10. The maximum Gasteiger partial charge on any atom is 0.270 e. The summed E-state index contributed by atoms with van der Waals surface area (Å²) in [7, 11) is 0. The van der Waals surface area contributed by atoms with Crippen LogP contribution in [-0.4, -0.2) is 4.92 Å². The first-order valence-electron chi connectivity index (χ1n) is 5.85. The topological polar surface area (TPSA) is 68.3 Å². The first-order valence-corrected chi connectivity index (χ1v) is 6.65. The molecule has 0 atom stereocenters. The summed E-state index contributed by atoms with van der Waals surface area (Å²) in [5.74, 6) is 1.78. The van der Waals surface area contributed by atoms with E-state index in [1.807, 2.05) is 19.1 Å². The molecule has 0 aliphatic heterocycles. The molecule has 6 heteroatoms. The van der Waals surface area contributed by atoms with Gasteiger partial charge in [0.15, 0.2) is 0 Å². The van der Waals surface area contributed by atoms with Crippen molar-refractivity contribution in [3.8, 4) is 0 Å². The van der Waals surface area contributed by atoms with Crippen LogP contribution >= 0.6 is 15.9 Å². The Bertz CT molecular complexity index is 595. The molecule has 19 heavy (non-hydrogen) atoms. The molecule has 0 aliphatic carbocycles. The Morgan fingerprint density at radius 3 is 2.63 bits per heavy atom. The van der Waals surface area contributed by atoms with E-state index in [0.29, 0.717) is 11.0 Å². The van der Waals surface area contributed by atoms with E-state index in [0.717, 1.165) is 23.6 Å². The molecule has 0 saturated heterocycles. The van der Waals surface area contributed by atoms with Crippen molar-refractivity contribution in [2.45, 2.75) is 19.9 Å². The molecule has 1 aromatic carbocycles. The van der Waals surface area contributed by atoms with Gasteiger partial charge in [-0.1, -0.05) is 6.92 Å². The first kappa shape index (κ1) is 13.6. The highest BCUT2D eigenvalue weighted by Crippen LogP contribution is 2.27. The van der Waals surface area contributed by atoms with Gasteiger partial charge in [-0.05, 0) is 34.1 Å². The van der Waals surface area contributed by atoms with Gasteiger partial charge in [-0.15, -0.1) is 0 Å². The highest BCUT2D eigenvalue weighted by Gasteiger charge is 2.09. The van der Waals surface area contributed by atoms with Crippen LogP contribution in [0.2, 0.25) is 0 Å². The van der Waals surface area contributed by atoms with Crippen molar-refractivity contribution in [2.24, 2.45) is 0 Å². The Hall–Kier alpha value is -1.82. The molecule has 0 saturated carbocycles. The molecule has 0 spiro atoms. The number of nitro groups is 1. The number of halogens is 1. The third-order valence-electron chi connectivity index (χ3n) is 2.68. The van der Waals surface area contributed by atoms with Crippen molar-refractivity contribution in [3.63, 3.8) is 0 Å². The Balaban J connectivity index is 2.05. The lowest BCUT2D eigenvalue weighted by Crippen LogP contribution is -1.99. The summed E-state index contributed by atoms with van der Waals surface area (Å²) in [6.07, 6.45) is 0.862. The summed E-state index contributed by atoms with van der Waals surface area (Å²) < 4.78 is 6.23. The number of nitrogens with zero attached hydrogens (tertiary/aromatic N) is 1. The number of aryl methyl sites for hydroxylation is 1. The zero-order valence-electron chi connectivity index (χ0n) is 10.4. The summed E-state index contributed by atoms with van der Waals surface area (Å²) in [4.78, 5) is 10.2. The van der Waals surface area contributed by atoms with Crippen LogP contribution in [-0.2, 0) is 13.0 Å². The van der Waals surface area contributed by atoms with E-state index in [1.165, 1.54) is 12.1 Å². The van der Waals surface area contributed by atoms with Gasteiger partial charge < -0.3 is 9.73 Å². The predicted octanol–water partition coefficient (Wildman–Crippen LogP) is 4.12. The molecule has 0 unspecified atom stereocenters. The molecular formula is C13H13BrN2O3. The van der Waals surface area contributed by atoms with Gasteiger partial charge in [0, 0.05) is 28.7 Å². The molecule has 2 rings (SSSR count). The molecule has 0 bridgehead atoms. The fourth-order valence-electron chi connectivity index (χ4n) is 1.65. The molecule has 100 valence electrons. The number of nitrogens with one attached hydrogen (secondary N) is 1. The van der Waals surface area contributed by atoms with Crippen LogP contribution in [0.25, 0.3) is 0 Å². The van der Waals surface area contributed by atoms with Gasteiger partial charge >= 0.3 is 0 Å². The minimum absolute atomic E-state index is 0.0590. The molecule has 1 heterocycles. The molecule has 0 aliphatic rings. The zero-order chi connectivity index (χ0) is 13.8. The third kappa shape index (κ3) is 3.35. The van der Waals surface area contributed by atoms with E-state index >= 15 is 0 Å². The SMILES string of the molecule is CCc1ccc(CNc2ccc([N+](=O)[O-])cc2Br)o1. The fraction of sp³-hybridized carbons (Fsp3) is 0.231. The number of rotatable bonds is 5. The van der Waals surface area contributed by atoms with E-state index in [-0.39, 0.29) is 5.69 Å². The van der Waals surface area contributed by atoms with E-state index in [4.69, 9.17) is 4.42 Å². The highest BCUT2D eigenvalue weighted by atomic mass is 79.9. The van der Waals surface area contributed by atoms with Gasteiger partial charge in [0.1, 0.15) is 11.5 Å². The van der Waals surface area contributed by atoms with Crippen LogP contribution < -0.4 is 5.32 Å². The maximum atomic E-state index is 10.6. The minimum Gasteiger partial charge on any atom is -0.464 e. The van der Waals surface area contributed by atoms with Crippen molar-refractivity contribution >= 4 is 27.3 Å². The molecule has 5 nitrogen and oxygen atoms in total. The van der Waals surface area contributed by atoms with Crippen molar-refractivity contribution in [1.29, 1.82) is 0 Å². The van der Waals surface area contributed by atoms with Gasteiger partial charge in [-0.25, -0.2) is 0 Å². The number of non-ortho nitro benzene ring substituents is 1. The number of furan rings is 1. The van der Waals surface area contributed by atoms with E-state index in [9.17, 15) is 10.1 Å². The minimum atomic E-state index is -0.422. The monoisotopic (exact) mass is 324 g/mol. The quantitative estimate of drug-likeness (QED) is 0.663. The third-order valence-corrected chi connectivity index (χ3v) is 3.34. The van der Waals surface area contributed by atoms with E-state index in [2.05, 4.69) is 21.2 Å².